The second-order valence-corrected chi connectivity index (χ2v) is 8.15. The van der Waals surface area contributed by atoms with Crippen LogP contribution in [0, 0.1) is 13.8 Å². The molecule has 0 heterocycles. The Morgan fingerprint density at radius 1 is 1.07 bits per heavy atom. The van der Waals surface area contributed by atoms with E-state index in [1.807, 2.05) is 64.1 Å². The number of hydrogen-bond acceptors (Lipinski definition) is 2. The molecule has 0 N–H and O–H groups in total. The Morgan fingerprint density at radius 3 is 2.11 bits per heavy atom. The van der Waals surface area contributed by atoms with E-state index in [1.54, 1.807) is 16.8 Å². The first-order chi connectivity index (χ1) is 12.7. The van der Waals surface area contributed by atoms with E-state index in [4.69, 9.17) is 0 Å². The standard InChI is InChI=1S/C22H27BrN2O2/c1-15(2)25(14-26)21(13-18-6-8-19(23)9-7-18)22(27)24(5)20-11-16(3)10-17(4)12-20/h6-12,14-15,21H,13H2,1-5H3. The van der Waals surface area contributed by atoms with Gasteiger partial charge in [0.15, 0.2) is 0 Å². The molecule has 0 aliphatic carbocycles. The van der Waals surface area contributed by atoms with Crippen LogP contribution in [0.1, 0.15) is 30.5 Å². The van der Waals surface area contributed by atoms with Crippen LogP contribution in [-0.4, -0.2) is 36.3 Å². The lowest BCUT2D eigenvalue weighted by Crippen LogP contribution is -2.51. The summed E-state index contributed by atoms with van der Waals surface area (Å²) < 4.78 is 0.984. The molecule has 0 saturated heterocycles. The molecular weight excluding hydrogens is 404 g/mol. The fourth-order valence-electron chi connectivity index (χ4n) is 3.21. The van der Waals surface area contributed by atoms with Crippen molar-refractivity contribution >= 4 is 33.9 Å². The van der Waals surface area contributed by atoms with Gasteiger partial charge in [0.05, 0.1) is 0 Å². The van der Waals surface area contributed by atoms with Gasteiger partial charge in [-0.1, -0.05) is 34.1 Å². The summed E-state index contributed by atoms with van der Waals surface area (Å²) in [6.07, 6.45) is 1.25. The number of rotatable bonds is 7. The minimum atomic E-state index is -0.561. The van der Waals surface area contributed by atoms with Gasteiger partial charge in [-0.15, -0.1) is 0 Å². The van der Waals surface area contributed by atoms with E-state index in [2.05, 4.69) is 22.0 Å². The molecule has 2 rings (SSSR count). The molecule has 0 aliphatic rings. The van der Waals surface area contributed by atoms with Crippen LogP contribution in [0.25, 0.3) is 0 Å². The van der Waals surface area contributed by atoms with E-state index in [1.165, 1.54) is 0 Å². The van der Waals surface area contributed by atoms with Gasteiger partial charge in [0.2, 0.25) is 12.3 Å². The first-order valence-corrected chi connectivity index (χ1v) is 9.85. The fraction of sp³-hybridized carbons (Fsp3) is 0.364. The summed E-state index contributed by atoms with van der Waals surface area (Å²) in [6.45, 7) is 7.88. The van der Waals surface area contributed by atoms with Gasteiger partial charge in [-0.2, -0.15) is 0 Å². The second-order valence-electron chi connectivity index (χ2n) is 7.24. The number of carbonyl (C=O) groups is 2. The Hall–Kier alpha value is -2.14. The van der Waals surface area contributed by atoms with Crippen molar-refractivity contribution in [2.24, 2.45) is 0 Å². The first-order valence-electron chi connectivity index (χ1n) is 9.06. The highest BCUT2D eigenvalue weighted by Gasteiger charge is 2.30. The number of anilines is 1. The smallest absolute Gasteiger partial charge is 0.249 e. The van der Waals surface area contributed by atoms with Crippen LogP contribution in [-0.2, 0) is 16.0 Å². The van der Waals surface area contributed by atoms with Crippen molar-refractivity contribution in [2.45, 2.75) is 46.2 Å². The summed E-state index contributed by atoms with van der Waals surface area (Å²) in [5.74, 6) is -0.0938. The molecule has 2 aromatic carbocycles. The fourth-order valence-corrected chi connectivity index (χ4v) is 3.48. The van der Waals surface area contributed by atoms with Crippen LogP contribution >= 0.6 is 15.9 Å². The van der Waals surface area contributed by atoms with Crippen molar-refractivity contribution in [1.29, 1.82) is 0 Å². The topological polar surface area (TPSA) is 40.6 Å². The lowest BCUT2D eigenvalue weighted by atomic mass is 10.0. The number of hydrogen-bond donors (Lipinski definition) is 0. The van der Waals surface area contributed by atoms with E-state index in [9.17, 15) is 9.59 Å². The van der Waals surface area contributed by atoms with Crippen molar-refractivity contribution < 1.29 is 9.59 Å². The Labute approximate surface area is 170 Å². The van der Waals surface area contributed by atoms with Crippen molar-refractivity contribution in [3.8, 4) is 0 Å². The van der Waals surface area contributed by atoms with Gasteiger partial charge in [-0.05, 0) is 68.7 Å². The molecule has 2 amide bonds. The Balaban J connectivity index is 2.36. The third-order valence-electron chi connectivity index (χ3n) is 4.63. The SMILES string of the molecule is Cc1cc(C)cc(N(C)C(=O)C(Cc2ccc(Br)cc2)N(C=O)C(C)C)c1. The van der Waals surface area contributed by atoms with Crippen molar-refractivity contribution in [3.63, 3.8) is 0 Å². The lowest BCUT2D eigenvalue weighted by Gasteiger charge is -2.33. The van der Waals surface area contributed by atoms with E-state index in [0.717, 1.165) is 33.3 Å². The monoisotopic (exact) mass is 430 g/mol. The lowest BCUT2D eigenvalue weighted by molar-refractivity contribution is -0.132. The number of carbonyl (C=O) groups excluding carboxylic acids is 2. The summed E-state index contributed by atoms with van der Waals surface area (Å²) in [7, 11) is 1.77. The average molecular weight is 431 g/mol. The maximum atomic E-state index is 13.4. The molecule has 0 bridgehead atoms. The Bertz CT molecular complexity index is 782. The third-order valence-corrected chi connectivity index (χ3v) is 5.16. The highest BCUT2D eigenvalue weighted by atomic mass is 79.9. The normalized spacial score (nSPS) is 12.0. The van der Waals surface area contributed by atoms with Crippen molar-refractivity contribution in [2.75, 3.05) is 11.9 Å². The van der Waals surface area contributed by atoms with E-state index in [0.29, 0.717) is 6.42 Å². The number of halogens is 1. The van der Waals surface area contributed by atoms with Gasteiger partial charge in [0, 0.05) is 29.7 Å². The number of nitrogens with zero attached hydrogens (tertiary/aromatic N) is 2. The van der Waals surface area contributed by atoms with Gasteiger partial charge in [0.25, 0.3) is 0 Å². The van der Waals surface area contributed by atoms with Crippen molar-refractivity contribution in [3.05, 3.63) is 63.6 Å². The van der Waals surface area contributed by atoms with Crippen LogP contribution in [0.4, 0.5) is 5.69 Å². The molecule has 4 nitrogen and oxygen atoms in total. The van der Waals surface area contributed by atoms with Crippen LogP contribution in [0.3, 0.4) is 0 Å². The zero-order valence-electron chi connectivity index (χ0n) is 16.6. The summed E-state index contributed by atoms with van der Waals surface area (Å²) >= 11 is 3.43. The number of benzene rings is 2. The molecule has 1 atom stereocenters. The predicted molar refractivity (Wildman–Crippen MR) is 114 cm³/mol. The van der Waals surface area contributed by atoms with Gasteiger partial charge in [-0.25, -0.2) is 0 Å². The number of amides is 2. The Morgan fingerprint density at radius 2 is 1.63 bits per heavy atom. The van der Waals surface area contributed by atoms with Crippen LogP contribution < -0.4 is 4.90 Å². The van der Waals surface area contributed by atoms with Gasteiger partial charge in [-0.3, -0.25) is 9.59 Å². The highest BCUT2D eigenvalue weighted by Crippen LogP contribution is 2.21. The summed E-state index contributed by atoms with van der Waals surface area (Å²) in [5, 5.41) is 0. The third kappa shape index (κ3) is 5.42. The molecule has 0 fully saturated rings. The molecular formula is C22H27BrN2O2. The molecule has 0 aliphatic heterocycles. The molecule has 0 aromatic heterocycles. The maximum Gasteiger partial charge on any atom is 0.249 e. The molecule has 2 aromatic rings. The molecule has 1 unspecified atom stereocenters. The zero-order chi connectivity index (χ0) is 20.1. The van der Waals surface area contributed by atoms with Gasteiger partial charge < -0.3 is 9.80 Å². The minimum Gasteiger partial charge on any atom is -0.330 e. The Kier molecular flexibility index (Phi) is 7.19. The number of aryl methyl sites for hydroxylation is 2. The largest absolute Gasteiger partial charge is 0.330 e. The van der Waals surface area contributed by atoms with E-state index >= 15 is 0 Å². The first kappa shape index (κ1) is 21.2. The highest BCUT2D eigenvalue weighted by molar-refractivity contribution is 9.10. The molecule has 5 heteroatoms. The van der Waals surface area contributed by atoms with E-state index in [-0.39, 0.29) is 11.9 Å². The summed E-state index contributed by atoms with van der Waals surface area (Å²) in [5.41, 5.74) is 4.06. The molecule has 0 radical (unpaired) electrons. The molecule has 0 spiro atoms. The van der Waals surface area contributed by atoms with Crippen LogP contribution in [0.5, 0.6) is 0 Å². The van der Waals surface area contributed by atoms with Gasteiger partial charge >= 0.3 is 0 Å². The molecule has 144 valence electrons. The predicted octanol–water partition coefficient (Wildman–Crippen LogP) is 4.51. The molecule has 27 heavy (non-hydrogen) atoms. The summed E-state index contributed by atoms with van der Waals surface area (Å²) in [6, 6.07) is 13.3. The van der Waals surface area contributed by atoms with E-state index < -0.39 is 6.04 Å². The van der Waals surface area contributed by atoms with Gasteiger partial charge in [0.1, 0.15) is 6.04 Å². The zero-order valence-corrected chi connectivity index (χ0v) is 18.2. The number of likely N-dealkylation sites (N-methyl/N-ethyl adjacent to an activating group) is 1. The van der Waals surface area contributed by atoms with Crippen LogP contribution in [0.15, 0.2) is 46.9 Å². The molecule has 0 saturated carbocycles. The quantitative estimate of drug-likeness (QED) is 0.606. The summed E-state index contributed by atoms with van der Waals surface area (Å²) in [4.78, 5) is 28.4. The van der Waals surface area contributed by atoms with Crippen molar-refractivity contribution in [1.82, 2.24) is 4.90 Å². The second kappa shape index (κ2) is 9.18. The van der Waals surface area contributed by atoms with Crippen LogP contribution in [0.2, 0.25) is 0 Å². The minimum absolute atomic E-state index is 0.0699. The average Bonchev–Trinajstić information content (AvgIpc) is 2.61. The maximum absolute atomic E-state index is 13.4.